The lowest BCUT2D eigenvalue weighted by Crippen LogP contribution is -2.62. The summed E-state index contributed by atoms with van der Waals surface area (Å²) in [5, 5.41) is 2.61. The molecule has 6 nitrogen and oxygen atoms in total. The first-order valence-electron chi connectivity index (χ1n) is 8.93. The summed E-state index contributed by atoms with van der Waals surface area (Å²) < 4.78 is 0. The number of nitrogens with zero attached hydrogens (tertiary/aromatic N) is 2. The second kappa shape index (κ2) is 6.17. The Kier molecular flexibility index (Phi) is 3.98. The van der Waals surface area contributed by atoms with E-state index >= 15 is 0 Å². The van der Waals surface area contributed by atoms with E-state index in [1.54, 1.807) is 11.9 Å². The molecule has 1 atom stereocenters. The SMILES string of the molecule is CNC(=O)C1CC(=O)N(C2CN(C(=O)C3Cc4ccccc4C3)C2)C1. The lowest BCUT2D eigenvalue weighted by molar-refractivity contribution is -0.147. The van der Waals surface area contributed by atoms with Gasteiger partial charge < -0.3 is 15.1 Å². The topological polar surface area (TPSA) is 69.7 Å². The first-order chi connectivity index (χ1) is 12.1. The molecule has 0 radical (unpaired) electrons. The van der Waals surface area contributed by atoms with Crippen molar-refractivity contribution in [1.82, 2.24) is 15.1 Å². The highest BCUT2D eigenvalue weighted by molar-refractivity contribution is 5.89. The molecule has 1 aliphatic carbocycles. The molecule has 132 valence electrons. The van der Waals surface area contributed by atoms with Crippen molar-refractivity contribution in [2.75, 3.05) is 26.7 Å². The molecule has 1 aromatic carbocycles. The van der Waals surface area contributed by atoms with Crippen LogP contribution in [0.3, 0.4) is 0 Å². The lowest BCUT2D eigenvalue weighted by atomic mass is 9.99. The fourth-order valence-corrected chi connectivity index (χ4v) is 4.29. The van der Waals surface area contributed by atoms with Gasteiger partial charge in [-0.1, -0.05) is 24.3 Å². The van der Waals surface area contributed by atoms with Gasteiger partial charge in [0.05, 0.1) is 12.0 Å². The largest absolute Gasteiger partial charge is 0.359 e. The summed E-state index contributed by atoms with van der Waals surface area (Å²) in [6, 6.07) is 8.31. The molecule has 25 heavy (non-hydrogen) atoms. The highest BCUT2D eigenvalue weighted by Gasteiger charge is 2.44. The van der Waals surface area contributed by atoms with Gasteiger partial charge in [0.1, 0.15) is 0 Å². The highest BCUT2D eigenvalue weighted by Crippen LogP contribution is 2.31. The van der Waals surface area contributed by atoms with E-state index in [1.165, 1.54) is 11.1 Å². The minimum Gasteiger partial charge on any atom is -0.359 e. The number of hydrogen-bond donors (Lipinski definition) is 1. The van der Waals surface area contributed by atoms with Crippen molar-refractivity contribution < 1.29 is 14.4 Å². The maximum Gasteiger partial charge on any atom is 0.226 e. The molecule has 0 saturated carbocycles. The Morgan fingerprint density at radius 3 is 2.24 bits per heavy atom. The molecule has 6 heteroatoms. The van der Waals surface area contributed by atoms with E-state index in [4.69, 9.17) is 0 Å². The number of likely N-dealkylation sites (tertiary alicyclic amines) is 2. The van der Waals surface area contributed by atoms with E-state index in [0.717, 1.165) is 12.8 Å². The van der Waals surface area contributed by atoms with Crippen LogP contribution >= 0.6 is 0 Å². The van der Waals surface area contributed by atoms with E-state index in [1.807, 2.05) is 17.0 Å². The quantitative estimate of drug-likeness (QED) is 0.854. The third kappa shape index (κ3) is 2.79. The van der Waals surface area contributed by atoms with Crippen molar-refractivity contribution >= 4 is 17.7 Å². The van der Waals surface area contributed by atoms with Gasteiger partial charge in [-0.05, 0) is 24.0 Å². The molecule has 0 spiro atoms. The molecule has 2 saturated heterocycles. The van der Waals surface area contributed by atoms with Crippen LogP contribution in [0.4, 0.5) is 0 Å². The fourth-order valence-electron chi connectivity index (χ4n) is 4.29. The van der Waals surface area contributed by atoms with Crippen LogP contribution in [-0.2, 0) is 27.2 Å². The normalized spacial score (nSPS) is 23.6. The van der Waals surface area contributed by atoms with E-state index in [2.05, 4.69) is 17.4 Å². The first-order valence-corrected chi connectivity index (χ1v) is 8.93. The summed E-state index contributed by atoms with van der Waals surface area (Å²) in [6.45, 7) is 1.66. The summed E-state index contributed by atoms with van der Waals surface area (Å²) in [4.78, 5) is 40.3. The summed E-state index contributed by atoms with van der Waals surface area (Å²) in [6.07, 6.45) is 1.91. The van der Waals surface area contributed by atoms with Gasteiger partial charge in [-0.15, -0.1) is 0 Å². The van der Waals surface area contributed by atoms with Crippen LogP contribution < -0.4 is 5.32 Å². The average molecular weight is 341 g/mol. The van der Waals surface area contributed by atoms with E-state index in [9.17, 15) is 14.4 Å². The average Bonchev–Trinajstić information content (AvgIpc) is 3.17. The Labute approximate surface area is 147 Å². The highest BCUT2D eigenvalue weighted by atomic mass is 16.2. The smallest absolute Gasteiger partial charge is 0.226 e. The predicted octanol–water partition coefficient (Wildman–Crippen LogP) is 0.207. The molecule has 4 rings (SSSR count). The van der Waals surface area contributed by atoms with Crippen LogP contribution in [0.5, 0.6) is 0 Å². The predicted molar refractivity (Wildman–Crippen MR) is 91.6 cm³/mol. The summed E-state index contributed by atoms with van der Waals surface area (Å²) in [5.41, 5.74) is 2.56. The van der Waals surface area contributed by atoms with Gasteiger partial charge in [-0.25, -0.2) is 0 Å². The first kappa shape index (κ1) is 16.1. The minimum atomic E-state index is -0.258. The molecule has 1 N–H and O–H groups in total. The molecular formula is C19H23N3O3. The van der Waals surface area contributed by atoms with Gasteiger partial charge in [-0.3, -0.25) is 14.4 Å². The Bertz CT molecular complexity index is 701. The van der Waals surface area contributed by atoms with Gasteiger partial charge in [-0.2, -0.15) is 0 Å². The second-order valence-corrected chi connectivity index (χ2v) is 7.33. The molecule has 3 amide bonds. The van der Waals surface area contributed by atoms with Gasteiger partial charge in [0, 0.05) is 39.0 Å². The van der Waals surface area contributed by atoms with Crippen LogP contribution in [0.25, 0.3) is 0 Å². The number of rotatable bonds is 3. The number of fused-ring (bicyclic) bond motifs is 1. The van der Waals surface area contributed by atoms with Crippen LogP contribution in [0.2, 0.25) is 0 Å². The standard InChI is InChI=1S/C19H23N3O3/c1-20-18(24)15-8-17(23)22(9-15)16-10-21(11-16)19(25)14-6-12-4-2-3-5-13(12)7-14/h2-5,14-16H,6-11H2,1H3,(H,20,24). The molecule has 0 aromatic heterocycles. The van der Waals surface area contributed by atoms with Crippen molar-refractivity contribution in [1.29, 1.82) is 0 Å². The summed E-state index contributed by atoms with van der Waals surface area (Å²) >= 11 is 0. The monoisotopic (exact) mass is 341 g/mol. The maximum atomic E-state index is 12.7. The molecule has 3 aliphatic rings. The summed E-state index contributed by atoms with van der Waals surface area (Å²) in [5.74, 6) is -0.0782. The van der Waals surface area contributed by atoms with Gasteiger partial charge in [0.15, 0.2) is 0 Å². The molecule has 1 aromatic rings. The van der Waals surface area contributed by atoms with Crippen LogP contribution in [-0.4, -0.2) is 60.2 Å². The molecule has 2 aliphatic heterocycles. The Balaban J connectivity index is 1.32. The Hall–Kier alpha value is -2.37. The Morgan fingerprint density at radius 1 is 1.00 bits per heavy atom. The zero-order valence-corrected chi connectivity index (χ0v) is 14.4. The fraction of sp³-hybridized carbons (Fsp3) is 0.526. The van der Waals surface area contributed by atoms with Crippen molar-refractivity contribution in [3.8, 4) is 0 Å². The van der Waals surface area contributed by atoms with E-state index in [-0.39, 0.29) is 42.0 Å². The number of amides is 3. The number of hydrogen-bond acceptors (Lipinski definition) is 3. The number of carbonyl (C=O) groups excluding carboxylic acids is 3. The third-order valence-electron chi connectivity index (χ3n) is 5.79. The number of nitrogens with one attached hydrogen (secondary N) is 1. The van der Waals surface area contributed by atoms with Crippen molar-refractivity contribution in [3.63, 3.8) is 0 Å². The molecule has 2 fully saturated rings. The lowest BCUT2D eigenvalue weighted by Gasteiger charge is -2.45. The van der Waals surface area contributed by atoms with E-state index in [0.29, 0.717) is 19.6 Å². The van der Waals surface area contributed by atoms with E-state index < -0.39 is 0 Å². The van der Waals surface area contributed by atoms with Gasteiger partial charge >= 0.3 is 0 Å². The van der Waals surface area contributed by atoms with Crippen molar-refractivity contribution in [3.05, 3.63) is 35.4 Å². The van der Waals surface area contributed by atoms with Gasteiger partial charge in [0.25, 0.3) is 0 Å². The van der Waals surface area contributed by atoms with Crippen LogP contribution in [0.15, 0.2) is 24.3 Å². The van der Waals surface area contributed by atoms with Crippen LogP contribution in [0, 0.1) is 11.8 Å². The molecule has 0 bridgehead atoms. The third-order valence-corrected chi connectivity index (χ3v) is 5.79. The number of benzene rings is 1. The van der Waals surface area contributed by atoms with Crippen molar-refractivity contribution in [2.45, 2.75) is 25.3 Å². The van der Waals surface area contributed by atoms with Gasteiger partial charge in [0.2, 0.25) is 17.7 Å². The second-order valence-electron chi connectivity index (χ2n) is 7.33. The van der Waals surface area contributed by atoms with Crippen molar-refractivity contribution in [2.24, 2.45) is 11.8 Å². The maximum absolute atomic E-state index is 12.7. The zero-order valence-electron chi connectivity index (χ0n) is 14.4. The summed E-state index contributed by atoms with van der Waals surface area (Å²) in [7, 11) is 1.60. The van der Waals surface area contributed by atoms with Crippen LogP contribution in [0.1, 0.15) is 17.5 Å². The zero-order chi connectivity index (χ0) is 17.6. The minimum absolute atomic E-state index is 0.0268. The number of carbonyl (C=O) groups is 3. The molecular weight excluding hydrogens is 318 g/mol. The molecule has 1 unspecified atom stereocenters. The Morgan fingerprint density at radius 2 is 1.64 bits per heavy atom. The molecule has 2 heterocycles.